The second-order valence-corrected chi connectivity index (χ2v) is 5.26. The van der Waals surface area contributed by atoms with Crippen molar-refractivity contribution in [1.29, 1.82) is 0 Å². The van der Waals surface area contributed by atoms with Crippen molar-refractivity contribution < 1.29 is 4.42 Å². The average molecular weight is 262 g/mol. The number of oxazole rings is 1. The van der Waals surface area contributed by atoms with E-state index in [1.54, 1.807) is 0 Å². The minimum absolute atomic E-state index is 0.698. The van der Waals surface area contributed by atoms with Gasteiger partial charge in [0.15, 0.2) is 0 Å². The van der Waals surface area contributed by atoms with Gasteiger partial charge in [0.05, 0.1) is 12.2 Å². The molecule has 96 valence electrons. The van der Waals surface area contributed by atoms with Gasteiger partial charge in [-0.05, 0) is 26.0 Å². The van der Waals surface area contributed by atoms with E-state index in [1.165, 1.54) is 4.90 Å². The van der Waals surface area contributed by atoms with Gasteiger partial charge in [0, 0.05) is 17.2 Å². The minimum Gasteiger partial charge on any atom is -0.444 e. The molecule has 0 radical (unpaired) electrons. The van der Waals surface area contributed by atoms with E-state index in [0.717, 1.165) is 29.6 Å². The molecule has 0 fully saturated rings. The Bertz CT molecular complexity index is 462. The van der Waals surface area contributed by atoms with Crippen molar-refractivity contribution in [3.8, 4) is 0 Å². The molecule has 1 N–H and O–H groups in total. The molecular formula is C14H18N2OS. The molecule has 0 atom stereocenters. The molecule has 1 aromatic carbocycles. The lowest BCUT2D eigenvalue weighted by molar-refractivity contribution is 0.452. The third-order valence-corrected chi connectivity index (χ3v) is 3.65. The molecule has 18 heavy (non-hydrogen) atoms. The van der Waals surface area contributed by atoms with Crippen molar-refractivity contribution in [2.75, 3.05) is 12.3 Å². The standard InChI is InChI=1S/C14H18N2OS/c1-11-12(2)17-14(16-11)10-15-8-9-18-13-6-4-3-5-7-13/h3-7,15H,8-10H2,1-2H3. The van der Waals surface area contributed by atoms with E-state index in [-0.39, 0.29) is 0 Å². The molecule has 2 aromatic rings. The third kappa shape index (κ3) is 3.89. The summed E-state index contributed by atoms with van der Waals surface area (Å²) in [4.78, 5) is 5.64. The van der Waals surface area contributed by atoms with Gasteiger partial charge in [-0.1, -0.05) is 18.2 Å². The molecule has 3 nitrogen and oxygen atoms in total. The lowest BCUT2D eigenvalue weighted by atomic mass is 10.4. The van der Waals surface area contributed by atoms with Gasteiger partial charge in [0.2, 0.25) is 5.89 Å². The quantitative estimate of drug-likeness (QED) is 0.641. The van der Waals surface area contributed by atoms with Crippen molar-refractivity contribution in [2.24, 2.45) is 0 Å². The first-order valence-electron chi connectivity index (χ1n) is 6.07. The maximum atomic E-state index is 5.50. The molecule has 0 spiro atoms. The smallest absolute Gasteiger partial charge is 0.208 e. The summed E-state index contributed by atoms with van der Waals surface area (Å²) in [5.74, 6) is 2.73. The fourth-order valence-electron chi connectivity index (χ4n) is 1.57. The van der Waals surface area contributed by atoms with E-state index >= 15 is 0 Å². The van der Waals surface area contributed by atoms with Gasteiger partial charge >= 0.3 is 0 Å². The molecule has 1 aromatic heterocycles. The van der Waals surface area contributed by atoms with E-state index in [2.05, 4.69) is 34.6 Å². The molecule has 0 amide bonds. The summed E-state index contributed by atoms with van der Waals surface area (Å²) in [6.45, 7) is 5.55. The van der Waals surface area contributed by atoms with Crippen LogP contribution in [0.5, 0.6) is 0 Å². The Kier molecular flexibility index (Phi) is 4.84. The maximum Gasteiger partial charge on any atom is 0.208 e. The molecule has 0 saturated carbocycles. The van der Waals surface area contributed by atoms with E-state index < -0.39 is 0 Å². The van der Waals surface area contributed by atoms with Crippen LogP contribution in [0.1, 0.15) is 17.3 Å². The Morgan fingerprint density at radius 3 is 2.67 bits per heavy atom. The van der Waals surface area contributed by atoms with Gasteiger partial charge in [-0.3, -0.25) is 0 Å². The molecule has 1 heterocycles. The molecule has 0 aliphatic carbocycles. The second kappa shape index (κ2) is 6.61. The zero-order valence-corrected chi connectivity index (χ0v) is 11.6. The van der Waals surface area contributed by atoms with Crippen molar-refractivity contribution in [2.45, 2.75) is 25.3 Å². The van der Waals surface area contributed by atoms with Crippen LogP contribution < -0.4 is 5.32 Å². The molecule has 2 rings (SSSR count). The van der Waals surface area contributed by atoms with Crippen LogP contribution in [0.4, 0.5) is 0 Å². The Balaban J connectivity index is 1.64. The van der Waals surface area contributed by atoms with E-state index in [4.69, 9.17) is 4.42 Å². The zero-order valence-electron chi connectivity index (χ0n) is 10.8. The van der Waals surface area contributed by atoms with Crippen LogP contribution in [0, 0.1) is 13.8 Å². The number of aryl methyl sites for hydroxylation is 2. The van der Waals surface area contributed by atoms with Gasteiger partial charge < -0.3 is 9.73 Å². The summed E-state index contributed by atoms with van der Waals surface area (Å²) >= 11 is 1.85. The van der Waals surface area contributed by atoms with Crippen molar-refractivity contribution >= 4 is 11.8 Å². The Morgan fingerprint density at radius 1 is 1.22 bits per heavy atom. The summed E-state index contributed by atoms with van der Waals surface area (Å²) < 4.78 is 5.50. The molecular weight excluding hydrogens is 244 g/mol. The van der Waals surface area contributed by atoms with Crippen LogP contribution in [0.2, 0.25) is 0 Å². The first kappa shape index (κ1) is 13.2. The number of thioether (sulfide) groups is 1. The highest BCUT2D eigenvalue weighted by Gasteiger charge is 2.04. The topological polar surface area (TPSA) is 38.1 Å². The number of hydrogen-bond donors (Lipinski definition) is 1. The number of rotatable bonds is 6. The highest BCUT2D eigenvalue weighted by Crippen LogP contribution is 2.15. The van der Waals surface area contributed by atoms with Crippen LogP contribution >= 0.6 is 11.8 Å². The van der Waals surface area contributed by atoms with Crippen LogP contribution in [0.15, 0.2) is 39.6 Å². The number of nitrogens with one attached hydrogen (secondary N) is 1. The molecule has 4 heteroatoms. The molecule has 0 unspecified atom stereocenters. The Labute approximate surface area is 112 Å². The highest BCUT2D eigenvalue weighted by atomic mass is 32.2. The van der Waals surface area contributed by atoms with Crippen LogP contribution in [-0.2, 0) is 6.54 Å². The van der Waals surface area contributed by atoms with Gasteiger partial charge in [-0.2, -0.15) is 0 Å². The van der Waals surface area contributed by atoms with Crippen LogP contribution in [0.3, 0.4) is 0 Å². The second-order valence-electron chi connectivity index (χ2n) is 4.09. The van der Waals surface area contributed by atoms with Crippen molar-refractivity contribution in [3.05, 3.63) is 47.7 Å². The lowest BCUT2D eigenvalue weighted by Crippen LogP contribution is -2.16. The average Bonchev–Trinajstić information content (AvgIpc) is 2.70. The van der Waals surface area contributed by atoms with Crippen LogP contribution in [0.25, 0.3) is 0 Å². The van der Waals surface area contributed by atoms with Crippen molar-refractivity contribution in [3.63, 3.8) is 0 Å². The highest BCUT2D eigenvalue weighted by molar-refractivity contribution is 7.99. The summed E-state index contributed by atoms with van der Waals surface area (Å²) in [6.07, 6.45) is 0. The van der Waals surface area contributed by atoms with Gasteiger partial charge in [-0.25, -0.2) is 4.98 Å². The predicted octanol–water partition coefficient (Wildman–Crippen LogP) is 3.17. The fourth-order valence-corrected chi connectivity index (χ4v) is 2.40. The van der Waals surface area contributed by atoms with Gasteiger partial charge in [0.25, 0.3) is 0 Å². The maximum absolute atomic E-state index is 5.50. The fraction of sp³-hybridized carbons (Fsp3) is 0.357. The SMILES string of the molecule is Cc1nc(CNCCSc2ccccc2)oc1C. The van der Waals surface area contributed by atoms with Crippen molar-refractivity contribution in [1.82, 2.24) is 10.3 Å². The predicted molar refractivity (Wildman–Crippen MR) is 74.8 cm³/mol. The number of nitrogens with zero attached hydrogens (tertiary/aromatic N) is 1. The first-order chi connectivity index (χ1) is 8.75. The first-order valence-corrected chi connectivity index (χ1v) is 7.06. The zero-order chi connectivity index (χ0) is 12.8. The molecule has 0 saturated heterocycles. The normalized spacial score (nSPS) is 10.8. The summed E-state index contributed by atoms with van der Waals surface area (Å²) in [7, 11) is 0. The van der Waals surface area contributed by atoms with E-state index in [0.29, 0.717) is 6.54 Å². The monoisotopic (exact) mass is 262 g/mol. The van der Waals surface area contributed by atoms with Gasteiger partial charge in [0.1, 0.15) is 5.76 Å². The number of aromatic nitrogens is 1. The van der Waals surface area contributed by atoms with Gasteiger partial charge in [-0.15, -0.1) is 11.8 Å². The Morgan fingerprint density at radius 2 is 2.00 bits per heavy atom. The lowest BCUT2D eigenvalue weighted by Gasteiger charge is -2.02. The molecule has 0 bridgehead atoms. The van der Waals surface area contributed by atoms with E-state index in [1.807, 2.05) is 31.7 Å². The number of benzene rings is 1. The summed E-state index contributed by atoms with van der Waals surface area (Å²) in [5.41, 5.74) is 0.977. The molecule has 0 aliphatic heterocycles. The van der Waals surface area contributed by atoms with Crippen LogP contribution in [-0.4, -0.2) is 17.3 Å². The minimum atomic E-state index is 0.698. The Hall–Kier alpha value is -1.26. The summed E-state index contributed by atoms with van der Waals surface area (Å²) in [6, 6.07) is 10.4. The summed E-state index contributed by atoms with van der Waals surface area (Å²) in [5, 5.41) is 3.34. The largest absolute Gasteiger partial charge is 0.444 e. The third-order valence-electron chi connectivity index (χ3n) is 2.64. The number of hydrogen-bond acceptors (Lipinski definition) is 4. The molecule has 0 aliphatic rings. The van der Waals surface area contributed by atoms with E-state index in [9.17, 15) is 0 Å².